The molecule has 0 aliphatic heterocycles. The molecule has 0 aromatic carbocycles. The lowest BCUT2D eigenvalue weighted by Crippen LogP contribution is -2.37. The van der Waals surface area contributed by atoms with Crippen molar-refractivity contribution >= 4 is 0 Å². The van der Waals surface area contributed by atoms with E-state index in [-0.39, 0.29) is 6.10 Å². The molecule has 144 valence electrons. The zero-order chi connectivity index (χ0) is 18.8. The van der Waals surface area contributed by atoms with Gasteiger partial charge in [0.2, 0.25) is 5.88 Å². The van der Waals surface area contributed by atoms with E-state index in [9.17, 15) is 9.59 Å². The minimum Gasteiger partial charge on any atom is -0.474 e. The van der Waals surface area contributed by atoms with Gasteiger partial charge in [-0.1, -0.05) is 40.5 Å². The van der Waals surface area contributed by atoms with E-state index in [1.54, 1.807) is 0 Å². The first-order valence-corrected chi connectivity index (χ1v) is 9.95. The van der Waals surface area contributed by atoms with Crippen molar-refractivity contribution in [2.45, 2.75) is 72.3 Å². The summed E-state index contributed by atoms with van der Waals surface area (Å²) in [6, 6.07) is 3.76. The number of aryl methyl sites for hydroxylation is 1. The number of hydrogen-bond donors (Lipinski definition) is 1. The number of H-pyrrole nitrogens is 1. The van der Waals surface area contributed by atoms with Gasteiger partial charge in [-0.05, 0) is 49.5 Å². The van der Waals surface area contributed by atoms with Crippen LogP contribution in [0.4, 0.5) is 0 Å². The van der Waals surface area contributed by atoms with Gasteiger partial charge in [-0.25, -0.2) is 9.59 Å². The Morgan fingerprint density at radius 3 is 2.62 bits per heavy atom. The molecular formula is C20H31N3O3. The smallest absolute Gasteiger partial charge is 0.352 e. The zero-order valence-electron chi connectivity index (χ0n) is 16.3. The van der Waals surface area contributed by atoms with Crippen LogP contribution in [-0.2, 0) is 6.42 Å². The molecule has 1 N–H and O–H groups in total. The molecule has 26 heavy (non-hydrogen) atoms. The molecular weight excluding hydrogens is 330 g/mol. The summed E-state index contributed by atoms with van der Waals surface area (Å²) in [5.41, 5.74) is -0.00255. The van der Waals surface area contributed by atoms with Crippen LogP contribution in [0.5, 0.6) is 5.88 Å². The molecule has 1 saturated carbocycles. The Bertz CT molecular complexity index is 861. The first-order chi connectivity index (χ1) is 12.4. The van der Waals surface area contributed by atoms with Crippen LogP contribution in [0.1, 0.15) is 65.5 Å². The molecule has 3 atom stereocenters. The standard InChI is InChI=1S/C20H31N3O3/c1-5-6-7-15-9-11-18(23-20(25)21-19(24)22(15)23)26-17-12-14(4)8-10-16(17)13(2)3/h9,11,13-14,16-17H,5-8,10,12H2,1-4H3,(H,21,24,25)/t14-,16+,17-/m1/s1. The Balaban J connectivity index is 2.00. The first-order valence-electron chi connectivity index (χ1n) is 9.95. The minimum absolute atomic E-state index is 0.0703. The largest absolute Gasteiger partial charge is 0.474 e. The zero-order valence-corrected chi connectivity index (χ0v) is 16.3. The summed E-state index contributed by atoms with van der Waals surface area (Å²) in [4.78, 5) is 27.0. The third-order valence-electron chi connectivity index (χ3n) is 5.72. The fourth-order valence-corrected chi connectivity index (χ4v) is 4.19. The summed E-state index contributed by atoms with van der Waals surface area (Å²) in [5.74, 6) is 2.06. The number of aromatic amines is 1. The average molecular weight is 361 g/mol. The number of ether oxygens (including phenoxy) is 1. The second-order valence-corrected chi connectivity index (χ2v) is 8.11. The van der Waals surface area contributed by atoms with Crippen molar-refractivity contribution < 1.29 is 4.74 Å². The molecule has 1 aliphatic rings. The SMILES string of the molecule is CCCCc1ccc(O[C@@H]2C[C@H](C)CC[C@H]2C(C)C)n2c(=O)[nH]c(=O)n12. The molecule has 0 radical (unpaired) electrons. The summed E-state index contributed by atoms with van der Waals surface area (Å²) in [6.45, 7) is 8.82. The Hall–Kier alpha value is -1.98. The van der Waals surface area contributed by atoms with Crippen molar-refractivity contribution in [1.29, 1.82) is 0 Å². The quantitative estimate of drug-likeness (QED) is 0.858. The normalized spacial score (nSPS) is 23.7. The summed E-state index contributed by atoms with van der Waals surface area (Å²) < 4.78 is 9.15. The lowest BCUT2D eigenvalue weighted by molar-refractivity contribution is 0.0398. The van der Waals surface area contributed by atoms with Crippen LogP contribution in [0, 0.1) is 17.8 Å². The van der Waals surface area contributed by atoms with Crippen molar-refractivity contribution in [3.63, 3.8) is 0 Å². The van der Waals surface area contributed by atoms with Gasteiger partial charge in [-0.2, -0.15) is 9.03 Å². The van der Waals surface area contributed by atoms with E-state index in [0.717, 1.165) is 37.8 Å². The highest BCUT2D eigenvalue weighted by atomic mass is 16.5. The summed E-state index contributed by atoms with van der Waals surface area (Å²) in [6.07, 6.45) is 6.17. The number of fused-ring (bicyclic) bond motifs is 1. The van der Waals surface area contributed by atoms with Gasteiger partial charge >= 0.3 is 11.4 Å². The van der Waals surface area contributed by atoms with Gasteiger partial charge in [-0.3, -0.25) is 4.98 Å². The van der Waals surface area contributed by atoms with Crippen LogP contribution < -0.4 is 16.1 Å². The van der Waals surface area contributed by atoms with Gasteiger partial charge < -0.3 is 4.74 Å². The molecule has 2 aromatic heterocycles. The summed E-state index contributed by atoms with van der Waals surface area (Å²) >= 11 is 0. The van der Waals surface area contributed by atoms with E-state index >= 15 is 0 Å². The molecule has 0 saturated heterocycles. The first kappa shape index (κ1) is 18.8. The molecule has 0 amide bonds. The van der Waals surface area contributed by atoms with Crippen LogP contribution in [0.15, 0.2) is 21.7 Å². The molecule has 2 aromatic rings. The predicted molar refractivity (Wildman–Crippen MR) is 102 cm³/mol. The average Bonchev–Trinajstić information content (AvgIpc) is 2.89. The van der Waals surface area contributed by atoms with Gasteiger partial charge in [0.1, 0.15) is 6.10 Å². The van der Waals surface area contributed by atoms with Crippen LogP contribution >= 0.6 is 0 Å². The second kappa shape index (κ2) is 7.72. The Morgan fingerprint density at radius 2 is 1.92 bits per heavy atom. The summed E-state index contributed by atoms with van der Waals surface area (Å²) in [5, 5.41) is 0. The van der Waals surface area contributed by atoms with E-state index in [4.69, 9.17) is 4.74 Å². The topological polar surface area (TPSA) is 68.0 Å². The molecule has 2 heterocycles. The van der Waals surface area contributed by atoms with Crippen LogP contribution in [0.2, 0.25) is 0 Å². The van der Waals surface area contributed by atoms with Crippen molar-refractivity contribution in [2.75, 3.05) is 0 Å². The molecule has 3 rings (SSSR count). The highest BCUT2D eigenvalue weighted by Gasteiger charge is 2.33. The lowest BCUT2D eigenvalue weighted by atomic mass is 9.75. The Morgan fingerprint density at radius 1 is 1.19 bits per heavy atom. The number of rotatable bonds is 6. The van der Waals surface area contributed by atoms with Crippen molar-refractivity contribution in [3.05, 3.63) is 38.8 Å². The van der Waals surface area contributed by atoms with Crippen LogP contribution in [0.25, 0.3) is 0 Å². The molecule has 0 spiro atoms. The van der Waals surface area contributed by atoms with Gasteiger partial charge in [0.15, 0.2) is 0 Å². The highest BCUT2D eigenvalue weighted by molar-refractivity contribution is 5.17. The van der Waals surface area contributed by atoms with Gasteiger partial charge in [0.05, 0.1) is 0 Å². The van der Waals surface area contributed by atoms with Gasteiger partial charge in [-0.15, -0.1) is 0 Å². The fraction of sp³-hybridized carbons (Fsp3) is 0.700. The summed E-state index contributed by atoms with van der Waals surface area (Å²) in [7, 11) is 0. The van der Waals surface area contributed by atoms with Crippen molar-refractivity contribution in [3.8, 4) is 5.88 Å². The molecule has 0 unspecified atom stereocenters. The van der Waals surface area contributed by atoms with E-state index in [0.29, 0.717) is 23.6 Å². The minimum atomic E-state index is -0.437. The Kier molecular flexibility index (Phi) is 5.58. The fourth-order valence-electron chi connectivity index (χ4n) is 4.19. The molecule has 1 aliphatic carbocycles. The number of unbranched alkanes of at least 4 members (excludes halogenated alkanes) is 1. The molecule has 0 bridgehead atoms. The maximum atomic E-state index is 12.4. The lowest BCUT2D eigenvalue weighted by Gasteiger charge is -2.37. The number of aromatic nitrogens is 3. The predicted octanol–water partition coefficient (Wildman–Crippen LogP) is 3.27. The van der Waals surface area contributed by atoms with E-state index in [1.807, 2.05) is 12.1 Å². The second-order valence-electron chi connectivity index (χ2n) is 8.11. The van der Waals surface area contributed by atoms with E-state index < -0.39 is 11.4 Å². The van der Waals surface area contributed by atoms with Crippen LogP contribution in [-0.4, -0.2) is 20.1 Å². The monoisotopic (exact) mass is 361 g/mol. The Labute approximate surface area is 154 Å². The number of nitrogens with one attached hydrogen (secondary N) is 1. The van der Waals surface area contributed by atoms with E-state index in [2.05, 4.69) is 32.7 Å². The van der Waals surface area contributed by atoms with Crippen molar-refractivity contribution in [1.82, 2.24) is 14.0 Å². The highest BCUT2D eigenvalue weighted by Crippen LogP contribution is 2.35. The number of hydrogen-bond acceptors (Lipinski definition) is 3. The van der Waals surface area contributed by atoms with Crippen molar-refractivity contribution in [2.24, 2.45) is 17.8 Å². The van der Waals surface area contributed by atoms with Crippen LogP contribution in [0.3, 0.4) is 0 Å². The number of nitrogens with zero attached hydrogens (tertiary/aromatic N) is 2. The third-order valence-corrected chi connectivity index (χ3v) is 5.72. The maximum Gasteiger partial charge on any atom is 0.352 e. The molecule has 6 heteroatoms. The van der Waals surface area contributed by atoms with E-state index in [1.165, 1.54) is 15.5 Å². The van der Waals surface area contributed by atoms with Gasteiger partial charge in [0.25, 0.3) is 0 Å². The molecule has 1 fully saturated rings. The molecule has 6 nitrogen and oxygen atoms in total. The maximum absolute atomic E-state index is 12.4. The third kappa shape index (κ3) is 3.60. The van der Waals surface area contributed by atoms with Gasteiger partial charge in [0, 0.05) is 11.8 Å².